The SMILES string of the molecule is Cc1cc(C(F)(F)F)cc2c1nc(Cc1c(Cl)ccc(C(=O)N3CC4(CCC4)C3)c1Cl)n2C.Cc1cc(C(F)(F)F)cc2c1nc(Cc1c(Cl)ccc(C(=O)N3CCC(N(C)C)CC3)c1Cl)n2C.Cc1cc(C(F)(F)F)cc2c1nc(Cc1c(Cl)ccc(C(=O)N3CCCC(C)C3)c1Cl)n2C.Cc1cc(C(F)(F)F)cc2c1nc(Cc1c(Cl)ccc(C(=O)N3CCN(C)C(C)C3)c1Cl)n2C. The van der Waals surface area contributed by atoms with Crippen molar-refractivity contribution in [3.8, 4) is 0 Å². The molecule has 1 saturated carbocycles. The van der Waals surface area contributed by atoms with E-state index in [9.17, 15) is 71.9 Å². The maximum absolute atomic E-state index is 13.3. The van der Waals surface area contributed by atoms with Crippen LogP contribution in [0.15, 0.2) is 97.1 Å². The third-order valence-electron chi connectivity index (χ3n) is 26.8. The zero-order valence-corrected chi connectivity index (χ0v) is 82.1. The zero-order valence-electron chi connectivity index (χ0n) is 76.1. The van der Waals surface area contributed by atoms with Gasteiger partial charge in [0.1, 0.15) is 23.3 Å². The Kier molecular flexibility index (Phi) is 29.9. The number of imidazole rings is 4. The van der Waals surface area contributed by atoms with Gasteiger partial charge in [0.25, 0.3) is 23.6 Å². The number of benzene rings is 8. The number of piperazine rings is 1. The van der Waals surface area contributed by atoms with Crippen LogP contribution >= 0.6 is 92.8 Å². The first-order chi connectivity index (χ1) is 63.2. The van der Waals surface area contributed by atoms with Crippen molar-refractivity contribution in [3.05, 3.63) is 250 Å². The first-order valence-electron chi connectivity index (χ1n) is 43.8. The van der Waals surface area contributed by atoms with Crippen LogP contribution in [0.5, 0.6) is 0 Å². The van der Waals surface area contributed by atoms with Gasteiger partial charge in [-0.15, -0.1) is 0 Å². The van der Waals surface area contributed by atoms with E-state index in [1.54, 1.807) is 132 Å². The number of likely N-dealkylation sites (N-methyl/N-ethyl adjacent to an activating group) is 1. The van der Waals surface area contributed by atoms with E-state index < -0.39 is 47.0 Å². The quantitative estimate of drug-likeness (QED) is 0.102. The minimum absolute atomic E-state index is 0.119. The largest absolute Gasteiger partial charge is 0.416 e. The summed E-state index contributed by atoms with van der Waals surface area (Å²) in [6.07, 6.45) is -9.73. The number of halogens is 20. The van der Waals surface area contributed by atoms with Crippen molar-refractivity contribution in [2.75, 3.05) is 80.0 Å². The Bertz CT molecular complexity index is 6640. The molecule has 2 unspecified atom stereocenters. The van der Waals surface area contributed by atoms with Gasteiger partial charge in [0, 0.05) is 150 Å². The molecule has 135 heavy (non-hydrogen) atoms. The number of rotatable bonds is 13. The van der Waals surface area contributed by atoms with Crippen LogP contribution in [0.3, 0.4) is 0 Å². The van der Waals surface area contributed by atoms with Gasteiger partial charge in [0.05, 0.1) is 109 Å². The molecule has 5 fully saturated rings. The van der Waals surface area contributed by atoms with Crippen molar-refractivity contribution >= 4 is 161 Å². The highest BCUT2D eigenvalue weighted by Crippen LogP contribution is 2.50. The average Bonchev–Trinajstić information content (AvgIpc) is 1.73. The van der Waals surface area contributed by atoms with Crippen molar-refractivity contribution in [1.29, 1.82) is 0 Å². The van der Waals surface area contributed by atoms with Gasteiger partial charge in [-0.1, -0.05) is 106 Å². The number of piperidine rings is 2. The molecule has 12 aromatic rings. The van der Waals surface area contributed by atoms with Gasteiger partial charge in [-0.05, 0) is 242 Å². The molecule has 4 aliphatic heterocycles. The molecule has 1 spiro atoms. The van der Waals surface area contributed by atoms with E-state index >= 15 is 0 Å². The number of hydrogen-bond donors (Lipinski definition) is 0. The topological polar surface area (TPSA) is 159 Å². The van der Waals surface area contributed by atoms with Crippen LogP contribution in [0.25, 0.3) is 44.1 Å². The summed E-state index contributed by atoms with van der Waals surface area (Å²) < 4.78 is 166. The molecular formula is C97H98Cl8F12N14O4. The van der Waals surface area contributed by atoms with Crippen LogP contribution in [-0.2, 0) is 78.6 Å². The number of aromatic nitrogens is 8. The van der Waals surface area contributed by atoms with Gasteiger partial charge >= 0.3 is 24.7 Å². The zero-order chi connectivity index (χ0) is 98.4. The molecule has 1 aliphatic carbocycles. The van der Waals surface area contributed by atoms with Gasteiger partial charge in [0.15, 0.2) is 0 Å². The maximum Gasteiger partial charge on any atom is 0.416 e. The van der Waals surface area contributed by atoms with Crippen LogP contribution in [0.1, 0.15) is 190 Å². The van der Waals surface area contributed by atoms with Crippen LogP contribution in [0.4, 0.5) is 52.7 Å². The monoisotopic (exact) mass is 2030 g/mol. The molecule has 0 N–H and O–H groups in total. The van der Waals surface area contributed by atoms with Gasteiger partial charge in [-0.3, -0.25) is 19.2 Å². The van der Waals surface area contributed by atoms with Gasteiger partial charge in [-0.2, -0.15) is 52.7 Å². The number of amides is 4. The van der Waals surface area contributed by atoms with Crippen molar-refractivity contribution in [2.24, 2.45) is 39.5 Å². The normalized spacial score (nSPS) is 16.8. The highest BCUT2D eigenvalue weighted by Gasteiger charge is 2.50. The van der Waals surface area contributed by atoms with Crippen LogP contribution in [0.2, 0.25) is 40.2 Å². The van der Waals surface area contributed by atoms with Crippen molar-refractivity contribution in [1.82, 2.24) is 67.6 Å². The molecular weight excluding hydrogens is 1940 g/mol. The second-order valence-electron chi connectivity index (χ2n) is 36.3. The number of nitrogens with zero attached hydrogens (tertiary/aromatic N) is 14. The summed E-state index contributed by atoms with van der Waals surface area (Å²) in [4.78, 5) is 82.5. The summed E-state index contributed by atoms with van der Waals surface area (Å²) in [5, 5.41) is 2.51. The van der Waals surface area contributed by atoms with Crippen LogP contribution in [0, 0.1) is 39.0 Å². The van der Waals surface area contributed by atoms with Gasteiger partial charge in [-0.25, -0.2) is 19.9 Å². The second kappa shape index (κ2) is 39.7. The summed E-state index contributed by atoms with van der Waals surface area (Å²) in [7, 11) is 12.8. The third kappa shape index (κ3) is 21.3. The number of likely N-dealkylation sites (tertiary alicyclic amines) is 3. The fourth-order valence-electron chi connectivity index (χ4n) is 18.4. The standard InChI is InChI=1S/C25H27Cl2F3N4O.C24H25Cl2F3N4O.C24H22Cl2F3N3O.C24H24Cl2F3N3O/c1-14-11-15(25(28,29)30)12-20-23(14)31-21(33(20)4)13-18-19(26)6-5-17(22(18)27)24(35)34-9-7-16(8-10-34)32(2)3;1-13-9-15(24(27,28)29)10-19-22(13)30-20(32(19)4)11-17-18(25)6-5-16(21(17)26)23(34)33-8-7-31(3)14(2)12-33;1-13-8-14(24(27,28)29)9-18-21(13)30-19(31(18)2)10-16-17(25)5-4-15(20(16)26)22(33)32-11-23(12-32)6-3-7-23;1-13-5-4-8-32(12-13)23(33)16-6-7-18(25)17(21(16)26)11-20-30-22-14(2)9-15(24(27,28)29)10-19(22)31(20)3/h5-6,11-12,16H,7-10,13H2,1-4H3;5-6,9-10,14H,7-8,11-12H2,1-4H3;4-5,8-9H,3,6-7,10-12H2,1-2H3;6-7,9-10,13H,4-5,8,11-12H2,1-3H3. The number of alkyl halides is 12. The second-order valence-corrected chi connectivity index (χ2v) is 39.5. The number of aryl methyl sites for hydroxylation is 8. The lowest BCUT2D eigenvalue weighted by atomic mass is 9.63. The molecule has 720 valence electrons. The summed E-state index contributed by atoms with van der Waals surface area (Å²) >= 11 is 52.5. The molecule has 0 radical (unpaired) electrons. The molecule has 4 aromatic heterocycles. The highest BCUT2D eigenvalue weighted by molar-refractivity contribution is 6.40. The molecule has 38 heteroatoms. The predicted molar refractivity (Wildman–Crippen MR) is 506 cm³/mol. The van der Waals surface area contributed by atoms with E-state index in [-0.39, 0.29) is 75.4 Å². The van der Waals surface area contributed by atoms with Gasteiger partial charge in [0.2, 0.25) is 0 Å². The summed E-state index contributed by atoms with van der Waals surface area (Å²) in [6.45, 7) is 16.7. The number of carbonyl (C=O) groups is 4. The molecule has 0 bridgehead atoms. The molecule has 17 rings (SSSR count). The third-order valence-corrected chi connectivity index (χ3v) is 30.0. The molecule has 4 saturated heterocycles. The van der Waals surface area contributed by atoms with E-state index in [0.717, 1.165) is 93.8 Å². The first-order valence-corrected chi connectivity index (χ1v) is 46.8. The Morgan fingerprint density at radius 3 is 0.933 bits per heavy atom. The first kappa shape index (κ1) is 102. The van der Waals surface area contributed by atoms with Crippen molar-refractivity contribution in [3.63, 3.8) is 0 Å². The molecule has 4 amide bonds. The Balaban J connectivity index is 0.000000144. The number of hydrogen-bond acceptors (Lipinski definition) is 10. The van der Waals surface area contributed by atoms with E-state index in [4.69, 9.17) is 92.8 Å². The molecule has 18 nitrogen and oxygen atoms in total. The highest BCUT2D eigenvalue weighted by atomic mass is 35.5. The van der Waals surface area contributed by atoms with E-state index in [1.807, 2.05) is 30.9 Å². The summed E-state index contributed by atoms with van der Waals surface area (Å²) in [5.74, 6) is 1.87. The maximum atomic E-state index is 13.3. The minimum atomic E-state index is -4.45. The lowest BCUT2D eigenvalue weighted by Gasteiger charge is -2.56. The molecule has 5 aliphatic rings. The Morgan fingerprint density at radius 2 is 0.667 bits per heavy atom. The van der Waals surface area contributed by atoms with E-state index in [1.165, 1.54) is 19.3 Å². The fourth-order valence-corrected chi connectivity index (χ4v) is 20.8. The Morgan fingerprint density at radius 1 is 0.378 bits per heavy atom. The molecule has 2 atom stereocenters. The minimum Gasteiger partial charge on any atom is -0.338 e. The van der Waals surface area contributed by atoms with Crippen LogP contribution in [-0.4, -0.2) is 183 Å². The van der Waals surface area contributed by atoms with Crippen LogP contribution < -0.4 is 0 Å². The smallest absolute Gasteiger partial charge is 0.338 e. The Hall–Kier alpha value is -9.08. The van der Waals surface area contributed by atoms with E-state index in [2.05, 4.69) is 43.6 Å². The lowest BCUT2D eigenvalue weighted by molar-refractivity contribution is -0.138. The average molecular weight is 2040 g/mol. The predicted octanol–water partition coefficient (Wildman–Crippen LogP) is 24.6. The molecule has 8 heterocycles. The fraction of sp³-hybridized carbons (Fsp3) is 0.423. The number of carbonyl (C=O) groups excluding carboxylic acids is 4. The van der Waals surface area contributed by atoms with E-state index in [0.29, 0.717) is 211 Å². The lowest BCUT2D eigenvalue weighted by Crippen LogP contribution is -2.61. The van der Waals surface area contributed by atoms with Crippen molar-refractivity contribution in [2.45, 2.75) is 149 Å². The summed E-state index contributed by atoms with van der Waals surface area (Å²) in [5.41, 5.74) is 6.17. The molecule has 8 aromatic carbocycles. The summed E-state index contributed by atoms with van der Waals surface area (Å²) in [6, 6.07) is 22.5. The van der Waals surface area contributed by atoms with Crippen molar-refractivity contribution < 1.29 is 71.9 Å². The Labute approximate surface area is 812 Å². The van der Waals surface area contributed by atoms with Gasteiger partial charge < -0.3 is 47.7 Å². The number of fused-ring (bicyclic) bond motifs is 4.